The van der Waals surface area contributed by atoms with E-state index in [0.29, 0.717) is 6.42 Å². The van der Waals surface area contributed by atoms with E-state index in [1.54, 1.807) is 6.20 Å². The molecule has 1 aliphatic rings. The normalized spacial score (nSPS) is 14.8. The number of benzene rings is 1. The number of carbonyl (C=O) groups is 1. The molecule has 0 bridgehead atoms. The molecule has 3 heteroatoms. The van der Waals surface area contributed by atoms with Crippen molar-refractivity contribution in [2.75, 3.05) is 5.32 Å². The van der Waals surface area contributed by atoms with Crippen molar-refractivity contribution >= 4 is 22.5 Å². The molecule has 1 aromatic heterocycles. The van der Waals surface area contributed by atoms with Crippen molar-refractivity contribution in [1.82, 2.24) is 4.98 Å². The highest BCUT2D eigenvalue weighted by atomic mass is 16.1. The predicted molar refractivity (Wildman–Crippen MR) is 58.7 cm³/mol. The van der Waals surface area contributed by atoms with Gasteiger partial charge in [-0.2, -0.15) is 0 Å². The summed E-state index contributed by atoms with van der Waals surface area (Å²) in [5, 5.41) is 5.13. The number of hydrogen-bond donors (Lipinski definition) is 1. The molecule has 0 fully saturated rings. The van der Waals surface area contributed by atoms with Gasteiger partial charge in [-0.1, -0.05) is 24.3 Å². The van der Waals surface area contributed by atoms with Crippen molar-refractivity contribution in [1.29, 1.82) is 0 Å². The van der Waals surface area contributed by atoms with E-state index in [0.717, 1.165) is 23.2 Å². The van der Waals surface area contributed by atoms with E-state index in [4.69, 9.17) is 0 Å². The molecule has 0 saturated carbocycles. The van der Waals surface area contributed by atoms with Crippen LogP contribution in [-0.4, -0.2) is 10.9 Å². The Morgan fingerprint density at radius 3 is 3.00 bits per heavy atom. The summed E-state index contributed by atoms with van der Waals surface area (Å²) in [5.41, 5.74) is 1.16. The van der Waals surface area contributed by atoms with Gasteiger partial charge in [0.2, 0.25) is 5.91 Å². The Morgan fingerprint density at radius 2 is 2.07 bits per heavy atom. The molecule has 3 rings (SSSR count). The molecular formula is C12H10N2O. The number of anilines is 1. The van der Waals surface area contributed by atoms with Crippen molar-refractivity contribution in [2.45, 2.75) is 12.8 Å². The second-order valence-corrected chi connectivity index (χ2v) is 3.72. The van der Waals surface area contributed by atoms with Crippen molar-refractivity contribution in [2.24, 2.45) is 0 Å². The van der Waals surface area contributed by atoms with Crippen LogP contribution in [0.5, 0.6) is 0 Å². The van der Waals surface area contributed by atoms with Crippen molar-refractivity contribution in [3.05, 3.63) is 36.0 Å². The minimum absolute atomic E-state index is 0.0604. The number of aromatic nitrogens is 1. The van der Waals surface area contributed by atoms with Gasteiger partial charge < -0.3 is 5.32 Å². The third-order valence-corrected chi connectivity index (χ3v) is 2.76. The molecule has 1 aliphatic heterocycles. The van der Waals surface area contributed by atoms with Gasteiger partial charge in [-0.3, -0.25) is 4.79 Å². The first-order valence-electron chi connectivity index (χ1n) is 5.01. The van der Waals surface area contributed by atoms with Crippen LogP contribution in [0.2, 0.25) is 0 Å². The maximum absolute atomic E-state index is 11.2. The highest BCUT2D eigenvalue weighted by Gasteiger charge is 2.17. The first-order chi connectivity index (χ1) is 7.34. The quantitative estimate of drug-likeness (QED) is 0.704. The van der Waals surface area contributed by atoms with Crippen LogP contribution < -0.4 is 5.32 Å². The summed E-state index contributed by atoms with van der Waals surface area (Å²) in [6.45, 7) is 0. The summed E-state index contributed by atoms with van der Waals surface area (Å²) in [6.07, 6.45) is 3.15. The molecule has 2 heterocycles. The van der Waals surface area contributed by atoms with Crippen LogP contribution in [0.3, 0.4) is 0 Å². The fourth-order valence-corrected chi connectivity index (χ4v) is 2.02. The lowest BCUT2D eigenvalue weighted by molar-refractivity contribution is -0.116. The molecule has 2 aromatic rings. The lowest BCUT2D eigenvalue weighted by Crippen LogP contribution is -2.20. The van der Waals surface area contributed by atoms with E-state index in [1.165, 1.54) is 5.39 Å². The predicted octanol–water partition coefficient (Wildman–Crippen LogP) is 2.12. The van der Waals surface area contributed by atoms with Crippen LogP contribution in [0.25, 0.3) is 10.8 Å². The van der Waals surface area contributed by atoms with Gasteiger partial charge in [-0.15, -0.1) is 0 Å². The van der Waals surface area contributed by atoms with Crippen LogP contribution in [-0.2, 0) is 11.2 Å². The van der Waals surface area contributed by atoms with Gasteiger partial charge in [0.05, 0.1) is 0 Å². The minimum atomic E-state index is 0.0604. The highest BCUT2D eigenvalue weighted by Crippen LogP contribution is 2.27. The Bertz CT molecular complexity index is 548. The standard InChI is InChI=1S/C12H10N2O/c15-11-6-5-10-9-4-2-1-3-8(9)7-13-12(10)14-11/h1-4,7H,5-6H2,(H,13,14,15). The first kappa shape index (κ1) is 8.41. The lowest BCUT2D eigenvalue weighted by atomic mass is 10.00. The molecule has 0 radical (unpaired) electrons. The van der Waals surface area contributed by atoms with Gasteiger partial charge in [-0.25, -0.2) is 4.98 Å². The molecule has 3 nitrogen and oxygen atoms in total. The van der Waals surface area contributed by atoms with Crippen LogP contribution in [0.1, 0.15) is 12.0 Å². The molecule has 0 spiro atoms. The van der Waals surface area contributed by atoms with Gasteiger partial charge >= 0.3 is 0 Å². The second kappa shape index (κ2) is 3.05. The molecule has 15 heavy (non-hydrogen) atoms. The van der Waals surface area contributed by atoms with Crippen LogP contribution in [0, 0.1) is 0 Å². The van der Waals surface area contributed by atoms with E-state index < -0.39 is 0 Å². The van der Waals surface area contributed by atoms with E-state index in [-0.39, 0.29) is 5.91 Å². The summed E-state index contributed by atoms with van der Waals surface area (Å²) in [7, 11) is 0. The lowest BCUT2D eigenvalue weighted by Gasteiger charge is -2.17. The third kappa shape index (κ3) is 1.28. The molecule has 1 amide bonds. The largest absolute Gasteiger partial charge is 0.310 e. The summed E-state index contributed by atoms with van der Waals surface area (Å²) >= 11 is 0. The Kier molecular flexibility index (Phi) is 1.71. The van der Waals surface area contributed by atoms with Gasteiger partial charge in [0, 0.05) is 23.6 Å². The molecule has 0 saturated heterocycles. The average molecular weight is 198 g/mol. The highest BCUT2D eigenvalue weighted by molar-refractivity contribution is 5.98. The van der Waals surface area contributed by atoms with Crippen molar-refractivity contribution in [3.63, 3.8) is 0 Å². The monoisotopic (exact) mass is 198 g/mol. The molecule has 74 valence electrons. The number of hydrogen-bond acceptors (Lipinski definition) is 2. The first-order valence-corrected chi connectivity index (χ1v) is 5.01. The Labute approximate surface area is 87.1 Å². The van der Waals surface area contributed by atoms with Gasteiger partial charge in [-0.05, 0) is 11.8 Å². The summed E-state index contributed by atoms with van der Waals surface area (Å²) < 4.78 is 0. The average Bonchev–Trinajstić information content (AvgIpc) is 2.28. The maximum atomic E-state index is 11.2. The Hall–Kier alpha value is -1.90. The SMILES string of the molecule is O=C1CCc2c(ncc3ccccc23)N1. The zero-order valence-corrected chi connectivity index (χ0v) is 8.16. The van der Waals surface area contributed by atoms with Crippen molar-refractivity contribution < 1.29 is 4.79 Å². The zero-order chi connectivity index (χ0) is 10.3. The molecular weight excluding hydrogens is 188 g/mol. The number of aryl methyl sites for hydroxylation is 1. The maximum Gasteiger partial charge on any atom is 0.225 e. The van der Waals surface area contributed by atoms with Gasteiger partial charge in [0.15, 0.2) is 0 Å². The molecule has 1 aromatic carbocycles. The molecule has 0 atom stereocenters. The smallest absolute Gasteiger partial charge is 0.225 e. The number of nitrogens with zero attached hydrogens (tertiary/aromatic N) is 1. The summed E-state index contributed by atoms with van der Waals surface area (Å²) in [5.74, 6) is 0.787. The minimum Gasteiger partial charge on any atom is -0.310 e. The topological polar surface area (TPSA) is 42.0 Å². The van der Waals surface area contributed by atoms with E-state index >= 15 is 0 Å². The second-order valence-electron chi connectivity index (χ2n) is 3.72. The van der Waals surface area contributed by atoms with Crippen LogP contribution >= 0.6 is 0 Å². The number of nitrogens with one attached hydrogen (secondary N) is 1. The van der Waals surface area contributed by atoms with Gasteiger partial charge in [0.1, 0.15) is 5.82 Å². The molecule has 0 unspecified atom stereocenters. The fraction of sp³-hybridized carbons (Fsp3) is 0.167. The number of pyridine rings is 1. The van der Waals surface area contributed by atoms with E-state index in [9.17, 15) is 4.79 Å². The zero-order valence-electron chi connectivity index (χ0n) is 8.16. The number of carbonyl (C=O) groups excluding carboxylic acids is 1. The Balaban J connectivity index is 2.30. The van der Waals surface area contributed by atoms with Gasteiger partial charge in [0.25, 0.3) is 0 Å². The third-order valence-electron chi connectivity index (χ3n) is 2.76. The van der Waals surface area contributed by atoms with E-state index in [1.807, 2.05) is 18.2 Å². The number of amides is 1. The van der Waals surface area contributed by atoms with Crippen LogP contribution in [0.15, 0.2) is 30.5 Å². The molecule has 1 N–H and O–H groups in total. The summed E-state index contributed by atoms with van der Waals surface area (Å²) in [6, 6.07) is 8.13. The fourth-order valence-electron chi connectivity index (χ4n) is 2.02. The molecule has 0 aliphatic carbocycles. The van der Waals surface area contributed by atoms with Crippen LogP contribution in [0.4, 0.5) is 5.82 Å². The number of rotatable bonds is 0. The summed E-state index contributed by atoms with van der Waals surface area (Å²) in [4.78, 5) is 15.5. The number of fused-ring (bicyclic) bond motifs is 3. The van der Waals surface area contributed by atoms with E-state index in [2.05, 4.69) is 16.4 Å². The Morgan fingerprint density at radius 1 is 1.20 bits per heavy atom. The van der Waals surface area contributed by atoms with Crippen molar-refractivity contribution in [3.8, 4) is 0 Å².